The van der Waals surface area contributed by atoms with Gasteiger partial charge < -0.3 is 14.6 Å². The molecule has 1 atom stereocenters. The van der Waals surface area contributed by atoms with Crippen molar-refractivity contribution < 1.29 is 54.1 Å². The normalized spacial score (nSPS) is 17.9. The molecule has 1 N–H and O–H groups in total. The molecule has 3 aromatic carbocycles. The Morgan fingerprint density at radius 2 is 1.77 bits per heavy atom. The number of anilines is 1. The van der Waals surface area contributed by atoms with Gasteiger partial charge in [0.15, 0.2) is 0 Å². The third-order valence-electron chi connectivity index (χ3n) is 7.33. The maximum Gasteiger partial charge on any atom is 0.416 e. The molecule has 0 bridgehead atoms. The molecule has 0 unspecified atom stereocenters. The van der Waals surface area contributed by atoms with Crippen molar-refractivity contribution in [2.24, 2.45) is 5.41 Å². The lowest BCUT2D eigenvalue weighted by atomic mass is 9.79. The first-order chi connectivity index (χ1) is 20.2. The van der Waals surface area contributed by atoms with Crippen molar-refractivity contribution in [3.05, 3.63) is 84.2 Å². The molecule has 0 aromatic heterocycles. The van der Waals surface area contributed by atoms with E-state index in [1.54, 1.807) is 12.2 Å². The van der Waals surface area contributed by atoms with E-state index >= 15 is 0 Å². The number of ether oxygens (including phenoxy) is 2. The van der Waals surface area contributed by atoms with Crippen molar-refractivity contribution >= 4 is 21.7 Å². The molecular formula is C29H23F6NO6S. The number of hydrogen-bond donors (Lipinski definition) is 1. The smallest absolute Gasteiger partial charge is 0.416 e. The lowest BCUT2D eigenvalue weighted by Crippen LogP contribution is -2.46. The monoisotopic (exact) mass is 627 g/mol. The quantitative estimate of drug-likeness (QED) is 0.216. The van der Waals surface area contributed by atoms with Gasteiger partial charge in [0.2, 0.25) is 0 Å². The molecule has 228 valence electrons. The average molecular weight is 628 g/mol. The van der Waals surface area contributed by atoms with Crippen LogP contribution in [0.15, 0.2) is 77.7 Å². The van der Waals surface area contributed by atoms with Crippen LogP contribution in [0.4, 0.5) is 32.0 Å². The molecular weight excluding hydrogens is 604 g/mol. The minimum Gasteiger partial charge on any atom is -0.486 e. The Hall–Kier alpha value is -4.20. The van der Waals surface area contributed by atoms with Crippen molar-refractivity contribution in [2.75, 3.05) is 10.8 Å². The van der Waals surface area contributed by atoms with Crippen LogP contribution in [0, 0.1) is 11.2 Å². The number of halogens is 6. The predicted octanol–water partition coefficient (Wildman–Crippen LogP) is 6.88. The summed E-state index contributed by atoms with van der Waals surface area (Å²) in [5.41, 5.74) is -2.39. The molecule has 14 heteroatoms. The van der Waals surface area contributed by atoms with E-state index in [0.717, 1.165) is 40.7 Å². The summed E-state index contributed by atoms with van der Waals surface area (Å²) in [6.45, 7) is -3.69. The highest BCUT2D eigenvalue weighted by Gasteiger charge is 2.45. The summed E-state index contributed by atoms with van der Waals surface area (Å²) in [7, 11) is -4.70. The van der Waals surface area contributed by atoms with Crippen LogP contribution in [0.5, 0.6) is 11.5 Å². The van der Waals surface area contributed by atoms with Gasteiger partial charge in [0.1, 0.15) is 23.4 Å². The predicted molar refractivity (Wildman–Crippen MR) is 142 cm³/mol. The molecule has 3 aromatic rings. The number of nitrogens with zero attached hydrogens (tertiary/aromatic N) is 1. The van der Waals surface area contributed by atoms with Crippen molar-refractivity contribution in [1.82, 2.24) is 0 Å². The number of carbonyl (C=O) groups is 1. The summed E-state index contributed by atoms with van der Waals surface area (Å²) < 4.78 is 119. The van der Waals surface area contributed by atoms with Gasteiger partial charge in [-0.25, -0.2) is 12.8 Å². The second-order valence-electron chi connectivity index (χ2n) is 10.2. The van der Waals surface area contributed by atoms with Crippen molar-refractivity contribution in [3.8, 4) is 22.6 Å². The summed E-state index contributed by atoms with van der Waals surface area (Å²) in [4.78, 5) is 11.5. The van der Waals surface area contributed by atoms with Crippen LogP contribution in [-0.2, 0) is 21.0 Å². The largest absolute Gasteiger partial charge is 0.486 e. The standard InChI is InChI=1S/C29H23F6NO6S/c30-20-10-18(11-21(14-20)42-27(31)32)17-6-7-25-24(12-17)36(16-22(41-25)15-28(26(37)38)8-1-2-9-28)43(39,40)23-5-3-4-19(13-23)29(33,34)35/h1-7,10-14,22,27H,8-9,15-16H2,(H,37,38)/t22-/m0/s1. The van der Waals surface area contributed by atoms with E-state index in [-0.39, 0.29) is 41.8 Å². The maximum atomic E-state index is 14.3. The highest BCUT2D eigenvalue weighted by atomic mass is 32.2. The third-order valence-corrected chi connectivity index (χ3v) is 9.10. The first-order valence-corrected chi connectivity index (χ1v) is 14.3. The van der Waals surface area contributed by atoms with Gasteiger partial charge in [-0.3, -0.25) is 9.10 Å². The highest BCUT2D eigenvalue weighted by Crippen LogP contribution is 2.45. The lowest BCUT2D eigenvalue weighted by molar-refractivity contribution is -0.150. The molecule has 0 saturated carbocycles. The molecule has 0 amide bonds. The zero-order valence-electron chi connectivity index (χ0n) is 22.0. The van der Waals surface area contributed by atoms with Gasteiger partial charge in [0.05, 0.1) is 28.1 Å². The number of benzene rings is 3. The fourth-order valence-corrected chi connectivity index (χ4v) is 6.80. The van der Waals surface area contributed by atoms with Gasteiger partial charge >= 0.3 is 18.8 Å². The van der Waals surface area contributed by atoms with E-state index < -0.39 is 68.9 Å². The molecule has 43 heavy (non-hydrogen) atoms. The van der Waals surface area contributed by atoms with E-state index in [1.807, 2.05) is 0 Å². The molecule has 0 fully saturated rings. The SMILES string of the molecule is O=C(O)C1(C[C@H]2CN(S(=O)(=O)c3cccc(C(F)(F)F)c3)c3cc(-c4cc(F)cc(OC(F)F)c4)ccc3O2)CC=CC1. The maximum absolute atomic E-state index is 14.3. The fourth-order valence-electron chi connectivity index (χ4n) is 5.25. The van der Waals surface area contributed by atoms with E-state index in [0.29, 0.717) is 6.07 Å². The van der Waals surface area contributed by atoms with Gasteiger partial charge in [-0.15, -0.1) is 0 Å². The zero-order valence-corrected chi connectivity index (χ0v) is 22.8. The van der Waals surface area contributed by atoms with Crippen molar-refractivity contribution in [3.63, 3.8) is 0 Å². The number of alkyl halides is 5. The highest BCUT2D eigenvalue weighted by molar-refractivity contribution is 7.92. The fraction of sp³-hybridized carbons (Fsp3) is 0.276. The number of rotatable bonds is 8. The van der Waals surface area contributed by atoms with Crippen LogP contribution >= 0.6 is 0 Å². The topological polar surface area (TPSA) is 93.1 Å². The second kappa shape index (κ2) is 11.1. The Morgan fingerprint density at radius 3 is 2.42 bits per heavy atom. The summed E-state index contributed by atoms with van der Waals surface area (Å²) in [6.07, 6.45) is -2.20. The Morgan fingerprint density at radius 1 is 1.05 bits per heavy atom. The molecule has 0 radical (unpaired) electrons. The van der Waals surface area contributed by atoms with E-state index in [1.165, 1.54) is 18.2 Å². The molecule has 1 heterocycles. The number of aliphatic carboxylic acids is 1. The number of allylic oxidation sites excluding steroid dienone is 2. The van der Waals surface area contributed by atoms with Gasteiger partial charge in [-0.05, 0) is 66.4 Å². The molecule has 1 aliphatic carbocycles. The van der Waals surface area contributed by atoms with Crippen LogP contribution in [0.3, 0.4) is 0 Å². The van der Waals surface area contributed by atoms with Gasteiger partial charge in [0.25, 0.3) is 10.0 Å². The lowest BCUT2D eigenvalue weighted by Gasteiger charge is -2.38. The van der Waals surface area contributed by atoms with E-state index in [4.69, 9.17) is 4.74 Å². The second-order valence-corrected chi connectivity index (χ2v) is 12.1. The number of carboxylic acids is 1. The van der Waals surface area contributed by atoms with Crippen molar-refractivity contribution in [1.29, 1.82) is 0 Å². The van der Waals surface area contributed by atoms with Crippen LogP contribution in [0.2, 0.25) is 0 Å². The Labute approximate surface area is 242 Å². The van der Waals surface area contributed by atoms with Crippen LogP contribution < -0.4 is 13.8 Å². The van der Waals surface area contributed by atoms with Crippen molar-refractivity contribution in [2.45, 2.75) is 43.0 Å². The Bertz CT molecular complexity index is 1680. The molecule has 2 aliphatic rings. The minimum absolute atomic E-state index is 0.0255. The minimum atomic E-state index is -4.83. The third kappa shape index (κ3) is 6.14. The van der Waals surface area contributed by atoms with Gasteiger partial charge in [0, 0.05) is 12.5 Å². The zero-order chi connectivity index (χ0) is 31.2. The van der Waals surface area contributed by atoms with Gasteiger partial charge in [-0.1, -0.05) is 24.3 Å². The number of fused-ring (bicyclic) bond motifs is 1. The van der Waals surface area contributed by atoms with E-state index in [9.17, 15) is 44.7 Å². The molecule has 7 nitrogen and oxygen atoms in total. The van der Waals surface area contributed by atoms with Crippen LogP contribution in [-0.4, -0.2) is 38.8 Å². The Balaban J connectivity index is 1.60. The first kappa shape index (κ1) is 30.3. The molecule has 1 aliphatic heterocycles. The molecule has 0 spiro atoms. The van der Waals surface area contributed by atoms with Gasteiger partial charge in [-0.2, -0.15) is 22.0 Å². The number of carboxylic acid groups (broad SMARTS) is 1. The van der Waals surface area contributed by atoms with Crippen LogP contribution in [0.1, 0.15) is 24.8 Å². The van der Waals surface area contributed by atoms with Crippen LogP contribution in [0.25, 0.3) is 11.1 Å². The number of hydrogen-bond acceptors (Lipinski definition) is 5. The summed E-state index contributed by atoms with van der Waals surface area (Å²) in [5, 5.41) is 9.94. The number of sulfonamides is 1. The summed E-state index contributed by atoms with van der Waals surface area (Å²) in [5.74, 6) is -2.54. The summed E-state index contributed by atoms with van der Waals surface area (Å²) in [6, 6.07) is 10.0. The molecule has 5 rings (SSSR count). The average Bonchev–Trinajstić information content (AvgIpc) is 3.41. The first-order valence-electron chi connectivity index (χ1n) is 12.8. The molecule has 0 saturated heterocycles. The Kier molecular flexibility index (Phi) is 7.84. The van der Waals surface area contributed by atoms with E-state index in [2.05, 4.69) is 4.74 Å². The summed E-state index contributed by atoms with van der Waals surface area (Å²) >= 11 is 0.